The molecule has 1 unspecified atom stereocenters. The van der Waals surface area contributed by atoms with Gasteiger partial charge in [-0.25, -0.2) is 9.59 Å². The van der Waals surface area contributed by atoms with E-state index in [4.69, 9.17) is 18.9 Å². The fourth-order valence-corrected chi connectivity index (χ4v) is 8.40. The van der Waals surface area contributed by atoms with Gasteiger partial charge in [0.15, 0.2) is 6.29 Å². The van der Waals surface area contributed by atoms with Crippen LogP contribution >= 0.6 is 0 Å². The maximum atomic E-state index is 13.5. The number of nitrogens with zero attached hydrogens (tertiary/aromatic N) is 2. The van der Waals surface area contributed by atoms with Gasteiger partial charge in [0.1, 0.15) is 36.6 Å². The molecule has 2 amide bonds. The minimum Gasteiger partial charge on any atom is -0.480 e. The summed E-state index contributed by atoms with van der Waals surface area (Å²) in [4.78, 5) is 54.5. The van der Waals surface area contributed by atoms with Crippen LogP contribution in [0.5, 0.6) is 0 Å². The highest BCUT2D eigenvalue weighted by molar-refractivity contribution is 5.82. The number of likely N-dealkylation sites (N-methyl/N-ethyl adjacent to an activating group) is 2. The molecule has 1 aromatic carbocycles. The molecule has 2 aliphatic heterocycles. The normalized spacial score (nSPS) is 37.2. The van der Waals surface area contributed by atoms with E-state index in [-0.39, 0.29) is 44.6 Å². The summed E-state index contributed by atoms with van der Waals surface area (Å²) in [5.74, 6) is -5.11. The van der Waals surface area contributed by atoms with Gasteiger partial charge >= 0.3 is 18.0 Å². The van der Waals surface area contributed by atoms with Crippen LogP contribution in [-0.2, 0) is 39.9 Å². The third-order valence-electron chi connectivity index (χ3n) is 12.1. The van der Waals surface area contributed by atoms with Crippen molar-refractivity contribution in [1.29, 1.82) is 0 Å². The molecule has 336 valence electrons. The molecule has 0 aromatic heterocycles. The Morgan fingerprint density at radius 2 is 1.66 bits per heavy atom. The number of amides is 2. The van der Waals surface area contributed by atoms with Crippen LogP contribution in [0.4, 0.5) is 4.79 Å². The summed E-state index contributed by atoms with van der Waals surface area (Å²) in [6.45, 7) is 13.3. The standard InChI is InChI=1S/C42H69N3O14/c1-11-31-42(8,55)35(49)27(6)44(9)21-23(2)20-41(7,54)36(25(4)33(47)26(5)38(52)58-31)59-39-34(48)30(19-24(3)57-39)45(10)32(46)18-17-29(37(50)51)43-40(53)56-22-28-15-13-12-14-16-28/h12-16,23-27,29-31,33-36,39,47-49,54-55H,11,17-22H2,1-10H3,(H,43,53)(H,50,51)/t23-,24-,25+,26-,27-,29?,30+,31-,33+,34-,35-,36-,39+,41-,42-/m1/s1. The highest BCUT2D eigenvalue weighted by atomic mass is 16.7. The van der Waals surface area contributed by atoms with Crippen LogP contribution < -0.4 is 5.32 Å². The predicted molar refractivity (Wildman–Crippen MR) is 214 cm³/mol. The molecule has 2 fully saturated rings. The van der Waals surface area contributed by atoms with Crippen molar-refractivity contribution < 1.29 is 68.8 Å². The molecule has 2 aliphatic rings. The van der Waals surface area contributed by atoms with Crippen LogP contribution in [0, 0.1) is 17.8 Å². The van der Waals surface area contributed by atoms with E-state index >= 15 is 0 Å². The summed E-state index contributed by atoms with van der Waals surface area (Å²) in [5, 5.41) is 70.4. The second-order valence-electron chi connectivity index (χ2n) is 17.3. The van der Waals surface area contributed by atoms with Crippen LogP contribution in [-0.4, -0.2) is 157 Å². The molecule has 15 atom stereocenters. The molecular weight excluding hydrogens is 770 g/mol. The van der Waals surface area contributed by atoms with E-state index < -0.39 is 108 Å². The quantitative estimate of drug-likeness (QED) is 0.158. The molecule has 17 nitrogen and oxygen atoms in total. The van der Waals surface area contributed by atoms with Crippen molar-refractivity contribution in [3.8, 4) is 0 Å². The van der Waals surface area contributed by atoms with Crippen molar-refractivity contribution >= 4 is 23.9 Å². The summed E-state index contributed by atoms with van der Waals surface area (Å²) < 4.78 is 23.4. The first-order valence-corrected chi connectivity index (χ1v) is 20.6. The number of aliphatic hydroxyl groups is 5. The van der Waals surface area contributed by atoms with Crippen molar-refractivity contribution in [1.82, 2.24) is 15.1 Å². The molecule has 0 aliphatic carbocycles. The van der Waals surface area contributed by atoms with Crippen LogP contribution in [0.2, 0.25) is 0 Å². The van der Waals surface area contributed by atoms with E-state index in [0.717, 1.165) is 0 Å². The molecule has 0 saturated carbocycles. The Labute approximate surface area is 347 Å². The topological polar surface area (TPSA) is 245 Å². The third-order valence-corrected chi connectivity index (χ3v) is 12.1. The van der Waals surface area contributed by atoms with Gasteiger partial charge in [-0.15, -0.1) is 0 Å². The minimum absolute atomic E-state index is 0.0759. The lowest BCUT2D eigenvalue weighted by Gasteiger charge is -2.47. The maximum absolute atomic E-state index is 13.5. The van der Waals surface area contributed by atoms with E-state index in [2.05, 4.69) is 5.32 Å². The van der Waals surface area contributed by atoms with Crippen molar-refractivity contribution in [3.05, 3.63) is 35.9 Å². The fourth-order valence-electron chi connectivity index (χ4n) is 8.40. The first-order chi connectivity index (χ1) is 27.4. The van der Waals surface area contributed by atoms with E-state index in [9.17, 15) is 49.8 Å². The average Bonchev–Trinajstić information content (AvgIpc) is 3.18. The Hall–Kier alpha value is -3.42. The predicted octanol–water partition coefficient (Wildman–Crippen LogP) is 2.03. The van der Waals surface area contributed by atoms with E-state index in [1.165, 1.54) is 32.7 Å². The lowest BCUT2D eigenvalue weighted by atomic mass is 9.78. The molecule has 3 rings (SSSR count). The summed E-state index contributed by atoms with van der Waals surface area (Å²) in [7, 11) is 3.23. The zero-order chi connectivity index (χ0) is 44.6. The lowest BCUT2D eigenvalue weighted by Crippen LogP contribution is -2.60. The van der Waals surface area contributed by atoms with Crippen LogP contribution in [0.15, 0.2) is 30.3 Å². The third kappa shape index (κ3) is 13.0. The first kappa shape index (κ1) is 49.9. The number of hydrogen-bond donors (Lipinski definition) is 7. The highest BCUT2D eigenvalue weighted by Gasteiger charge is 2.50. The number of aliphatic hydroxyl groups excluding tert-OH is 3. The Bertz CT molecular complexity index is 1530. The molecular formula is C42H69N3O14. The Kier molecular flexibility index (Phi) is 18.1. The molecule has 17 heteroatoms. The van der Waals surface area contributed by atoms with Crippen molar-refractivity contribution in [2.45, 2.75) is 166 Å². The lowest BCUT2D eigenvalue weighted by molar-refractivity contribution is -0.299. The van der Waals surface area contributed by atoms with Crippen molar-refractivity contribution in [2.75, 3.05) is 20.6 Å². The summed E-state index contributed by atoms with van der Waals surface area (Å²) >= 11 is 0. The Morgan fingerprint density at radius 3 is 2.25 bits per heavy atom. The van der Waals surface area contributed by atoms with E-state index in [1.54, 1.807) is 65.1 Å². The number of benzene rings is 1. The second-order valence-corrected chi connectivity index (χ2v) is 17.3. The zero-order valence-corrected chi connectivity index (χ0v) is 36.2. The summed E-state index contributed by atoms with van der Waals surface area (Å²) in [6, 6.07) is 5.91. The van der Waals surface area contributed by atoms with Gasteiger partial charge < -0.3 is 64.7 Å². The van der Waals surface area contributed by atoms with Gasteiger partial charge in [0.2, 0.25) is 5.91 Å². The fraction of sp³-hybridized carbons (Fsp3) is 0.762. The number of carbonyl (C=O) groups excluding carboxylic acids is 3. The molecule has 0 bridgehead atoms. The van der Waals surface area contributed by atoms with Gasteiger partial charge in [-0.2, -0.15) is 0 Å². The molecule has 0 radical (unpaired) electrons. The molecule has 7 N–H and O–H groups in total. The minimum atomic E-state index is -1.84. The van der Waals surface area contributed by atoms with E-state index in [1.807, 2.05) is 11.8 Å². The number of nitrogens with one attached hydrogen (secondary N) is 1. The average molecular weight is 840 g/mol. The smallest absolute Gasteiger partial charge is 0.408 e. The summed E-state index contributed by atoms with van der Waals surface area (Å²) in [5.41, 5.74) is -2.83. The van der Waals surface area contributed by atoms with Gasteiger partial charge in [-0.3, -0.25) is 9.59 Å². The van der Waals surface area contributed by atoms with Gasteiger partial charge in [-0.1, -0.05) is 51.1 Å². The monoisotopic (exact) mass is 839 g/mol. The number of carboxylic acids is 1. The number of rotatable bonds is 11. The van der Waals surface area contributed by atoms with Gasteiger partial charge in [0.25, 0.3) is 0 Å². The number of alkyl carbamates (subject to hydrolysis) is 1. The number of cyclic esters (lactones) is 1. The molecule has 0 spiro atoms. The van der Waals surface area contributed by atoms with Crippen LogP contribution in [0.1, 0.15) is 93.1 Å². The summed E-state index contributed by atoms with van der Waals surface area (Å²) in [6.07, 6.45) is -9.70. The van der Waals surface area contributed by atoms with Crippen molar-refractivity contribution in [3.63, 3.8) is 0 Å². The number of esters is 1. The highest BCUT2D eigenvalue weighted by Crippen LogP contribution is 2.37. The number of hydrogen-bond acceptors (Lipinski definition) is 14. The van der Waals surface area contributed by atoms with Crippen LogP contribution in [0.3, 0.4) is 0 Å². The zero-order valence-electron chi connectivity index (χ0n) is 36.2. The van der Waals surface area contributed by atoms with Gasteiger partial charge in [0, 0.05) is 32.0 Å². The molecule has 59 heavy (non-hydrogen) atoms. The number of carboxylic acid groups (broad SMARTS) is 1. The van der Waals surface area contributed by atoms with E-state index in [0.29, 0.717) is 12.1 Å². The number of aliphatic carboxylic acids is 1. The SMILES string of the molecule is CC[C@H]1OC(=O)[C@H](C)[C@@H](O)[C@H](C)[C@@H](O[C@@H]2O[C@H](C)C[C@H](N(C)C(=O)CCC(NC(=O)OCc3ccccc3)C(=O)O)[C@H]2O)[C@](C)(O)C[C@@H](C)CN(C)[C@H](C)[C@@H](O)[C@]1(C)O. The number of carbonyl (C=O) groups is 4. The van der Waals surface area contributed by atoms with Gasteiger partial charge in [-0.05, 0) is 78.8 Å². The molecule has 2 saturated heterocycles. The molecule has 2 heterocycles. The molecule has 1 aromatic rings. The second kappa shape index (κ2) is 21.4. The first-order valence-electron chi connectivity index (χ1n) is 20.6. The largest absolute Gasteiger partial charge is 0.480 e. The van der Waals surface area contributed by atoms with Crippen LogP contribution in [0.25, 0.3) is 0 Å². The Morgan fingerprint density at radius 1 is 1.03 bits per heavy atom. The Balaban J connectivity index is 1.82. The number of ether oxygens (including phenoxy) is 4. The maximum Gasteiger partial charge on any atom is 0.408 e. The van der Waals surface area contributed by atoms with Gasteiger partial charge in [0.05, 0.1) is 35.9 Å². The van der Waals surface area contributed by atoms with Crippen molar-refractivity contribution in [2.24, 2.45) is 17.8 Å².